The fraction of sp³-hybridized carbons (Fsp3) is 0.167. The second-order valence-corrected chi connectivity index (χ2v) is 6.84. The number of allylic oxidation sites excluding steroid dienone is 1. The first-order valence-electron chi connectivity index (χ1n) is 7.64. The fourth-order valence-electron chi connectivity index (χ4n) is 3.14. The normalized spacial score (nSPS) is 15.2. The number of likely N-dealkylation sites (N-methyl/N-ethyl adjacent to an activating group) is 1. The second kappa shape index (κ2) is 5.49. The summed E-state index contributed by atoms with van der Waals surface area (Å²) in [6, 6.07) is 7.83. The van der Waals surface area contributed by atoms with Gasteiger partial charge in [-0.15, -0.1) is 0 Å². The standard InChI is InChI=1S/C18H17N4OS/c1-11-6-4-5-7-13(11)22-10-19-15-14(18(22)23)17-12(8-9-20-24-17)16(15)21(2)3/h4-10,24H,1-3H3. The number of aromatic nitrogens is 2. The van der Waals surface area contributed by atoms with Crippen molar-refractivity contribution in [2.75, 3.05) is 14.1 Å². The minimum Gasteiger partial charge on any atom is -0.375 e. The summed E-state index contributed by atoms with van der Waals surface area (Å²) in [7, 11) is 3.94. The first-order chi connectivity index (χ1) is 11.6. The number of nitrogens with zero attached hydrogens (tertiary/aromatic N) is 4. The Labute approximate surface area is 143 Å². The highest BCUT2D eigenvalue weighted by Gasteiger charge is 2.26. The predicted octanol–water partition coefficient (Wildman–Crippen LogP) is 0.724. The van der Waals surface area contributed by atoms with Gasteiger partial charge in [0.25, 0.3) is 5.56 Å². The molecule has 1 aromatic heterocycles. The lowest BCUT2D eigenvalue weighted by Crippen LogP contribution is -2.46. The van der Waals surface area contributed by atoms with Gasteiger partial charge in [0, 0.05) is 30.8 Å². The van der Waals surface area contributed by atoms with Crippen LogP contribution in [0.5, 0.6) is 0 Å². The van der Waals surface area contributed by atoms with E-state index in [-0.39, 0.29) is 5.56 Å². The Balaban J connectivity index is 2.13. The quantitative estimate of drug-likeness (QED) is 0.822. The molecule has 0 N–H and O–H groups in total. The van der Waals surface area contributed by atoms with Crippen LogP contribution < -0.4 is 16.1 Å². The molecule has 4 rings (SSSR count). The minimum atomic E-state index is -0.0448. The summed E-state index contributed by atoms with van der Waals surface area (Å²) < 4.78 is 5.93. The van der Waals surface area contributed by atoms with Gasteiger partial charge in [0.05, 0.1) is 16.6 Å². The lowest BCUT2D eigenvalue weighted by atomic mass is 10.2. The molecule has 1 aromatic carbocycles. The van der Waals surface area contributed by atoms with Crippen LogP contribution in [0.3, 0.4) is 0 Å². The zero-order valence-electron chi connectivity index (χ0n) is 13.7. The van der Waals surface area contributed by atoms with Crippen LogP contribution in [0.15, 0.2) is 51.4 Å². The van der Waals surface area contributed by atoms with Crippen molar-refractivity contribution in [3.8, 4) is 5.69 Å². The van der Waals surface area contributed by atoms with Crippen molar-refractivity contribution in [2.45, 2.75) is 6.92 Å². The molecule has 1 aliphatic heterocycles. The van der Waals surface area contributed by atoms with E-state index in [0.29, 0.717) is 5.22 Å². The summed E-state index contributed by atoms with van der Waals surface area (Å²) >= 11 is 0.791. The summed E-state index contributed by atoms with van der Waals surface area (Å²) in [6.07, 6.45) is 5.37. The predicted molar refractivity (Wildman–Crippen MR) is 99.9 cm³/mol. The maximum atomic E-state index is 13.2. The SMILES string of the molecule is Cc1ccccc1-n1cnc2c(c1=O)=C1[SH]N=CC=C1C=2N(C)C. The molecule has 2 heterocycles. The first kappa shape index (κ1) is 15.0. The smallest absolute Gasteiger partial charge is 0.267 e. The minimum absolute atomic E-state index is 0.0448. The number of fused-ring (bicyclic) bond motifs is 2. The number of aryl methyl sites for hydroxylation is 1. The van der Waals surface area contributed by atoms with Crippen molar-refractivity contribution in [2.24, 2.45) is 4.40 Å². The number of hydrogen-bond acceptors (Lipinski definition) is 4. The highest BCUT2D eigenvalue weighted by molar-refractivity contribution is 8.07. The van der Waals surface area contributed by atoms with Crippen molar-refractivity contribution in [1.82, 2.24) is 14.5 Å². The Morgan fingerprint density at radius 1 is 1.21 bits per heavy atom. The summed E-state index contributed by atoms with van der Waals surface area (Å²) in [5.74, 6) is 0. The lowest BCUT2D eigenvalue weighted by molar-refractivity contribution is 0.587. The van der Waals surface area contributed by atoms with E-state index in [1.807, 2.05) is 56.3 Å². The van der Waals surface area contributed by atoms with Gasteiger partial charge in [-0.2, -0.15) is 0 Å². The van der Waals surface area contributed by atoms with E-state index in [9.17, 15) is 4.79 Å². The molecular formula is C18H17N4OS. The Bertz CT molecular complexity index is 1090. The van der Waals surface area contributed by atoms with Gasteiger partial charge in [-0.05, 0) is 24.6 Å². The topological polar surface area (TPSA) is 50.5 Å². The van der Waals surface area contributed by atoms with E-state index in [1.54, 1.807) is 17.1 Å². The van der Waals surface area contributed by atoms with E-state index in [4.69, 9.17) is 0 Å². The molecule has 0 spiro atoms. The molecule has 1 aliphatic carbocycles. The van der Waals surface area contributed by atoms with Crippen LogP contribution >= 0.6 is 11.9 Å². The maximum absolute atomic E-state index is 13.2. The maximum Gasteiger partial charge on any atom is 0.267 e. The summed E-state index contributed by atoms with van der Waals surface area (Å²) in [5, 5.41) is 1.41. The molecule has 5 nitrogen and oxygen atoms in total. The number of thiol groups is 1. The molecule has 0 amide bonds. The van der Waals surface area contributed by atoms with E-state index in [2.05, 4.69) is 9.38 Å². The van der Waals surface area contributed by atoms with Crippen LogP contribution in [0.4, 0.5) is 0 Å². The molecule has 6 heteroatoms. The van der Waals surface area contributed by atoms with Gasteiger partial charge >= 0.3 is 0 Å². The molecule has 0 fully saturated rings. The monoisotopic (exact) mass is 337 g/mol. The van der Waals surface area contributed by atoms with E-state index >= 15 is 0 Å². The van der Waals surface area contributed by atoms with Crippen LogP contribution in [0.1, 0.15) is 5.56 Å². The molecule has 0 saturated heterocycles. The third-order valence-electron chi connectivity index (χ3n) is 4.23. The number of hydrogen-bond donors (Lipinski definition) is 1. The Kier molecular flexibility index (Phi) is 3.42. The largest absolute Gasteiger partial charge is 0.375 e. The van der Waals surface area contributed by atoms with Gasteiger partial charge in [-0.1, -0.05) is 30.1 Å². The van der Waals surface area contributed by atoms with E-state index in [1.165, 1.54) is 0 Å². The van der Waals surface area contributed by atoms with Crippen LogP contribution in [0.25, 0.3) is 16.3 Å². The average molecular weight is 337 g/mol. The summed E-state index contributed by atoms with van der Waals surface area (Å²) in [5.41, 5.74) is 3.87. The Hall–Kier alpha value is -2.60. The highest BCUT2D eigenvalue weighted by Crippen LogP contribution is 2.35. The summed E-state index contributed by atoms with van der Waals surface area (Å²) in [6.45, 7) is 1.99. The molecule has 2 aliphatic rings. The third-order valence-corrected chi connectivity index (χ3v) is 5.14. The van der Waals surface area contributed by atoms with Gasteiger partial charge in [0.15, 0.2) is 0 Å². The number of benzene rings is 1. The van der Waals surface area contributed by atoms with Gasteiger partial charge in [-0.3, -0.25) is 9.36 Å². The van der Waals surface area contributed by atoms with Crippen LogP contribution in [-0.4, -0.2) is 34.8 Å². The van der Waals surface area contributed by atoms with Crippen molar-refractivity contribution in [3.05, 3.63) is 68.7 Å². The fourth-order valence-corrected chi connectivity index (χ4v) is 3.98. The molecule has 121 valence electrons. The zero-order chi connectivity index (χ0) is 16.8. The number of rotatable bonds is 2. The van der Waals surface area contributed by atoms with Gasteiger partial charge in [-0.25, -0.2) is 9.38 Å². The lowest BCUT2D eigenvalue weighted by Gasteiger charge is -2.18. The molecule has 24 heavy (non-hydrogen) atoms. The van der Waals surface area contributed by atoms with Crippen molar-refractivity contribution >= 4 is 28.8 Å². The van der Waals surface area contributed by atoms with Crippen molar-refractivity contribution in [1.29, 1.82) is 0 Å². The molecule has 2 aromatic rings. The second-order valence-electron chi connectivity index (χ2n) is 5.97. The number of para-hydroxylation sites is 1. The Morgan fingerprint density at radius 3 is 2.75 bits per heavy atom. The summed E-state index contributed by atoms with van der Waals surface area (Å²) in [4.78, 5) is 20.8. The highest BCUT2D eigenvalue weighted by atomic mass is 32.2. The van der Waals surface area contributed by atoms with Gasteiger partial charge < -0.3 is 4.90 Å². The van der Waals surface area contributed by atoms with Crippen molar-refractivity contribution in [3.63, 3.8) is 0 Å². The van der Waals surface area contributed by atoms with Gasteiger partial charge in [0.1, 0.15) is 11.7 Å². The third kappa shape index (κ3) is 2.06. The first-order valence-corrected chi connectivity index (χ1v) is 8.49. The Morgan fingerprint density at radius 2 is 2.00 bits per heavy atom. The molecule has 1 radical (unpaired) electrons. The average Bonchev–Trinajstić information content (AvgIpc) is 2.91. The van der Waals surface area contributed by atoms with Crippen LogP contribution in [-0.2, 0) is 0 Å². The molecule has 0 unspecified atom stereocenters. The molecule has 0 bridgehead atoms. The van der Waals surface area contributed by atoms with E-state index in [0.717, 1.165) is 44.7 Å². The molecule has 0 atom stereocenters. The molecular weight excluding hydrogens is 320 g/mol. The van der Waals surface area contributed by atoms with Crippen molar-refractivity contribution < 1.29 is 0 Å². The van der Waals surface area contributed by atoms with Gasteiger partial charge in [0.2, 0.25) is 0 Å². The van der Waals surface area contributed by atoms with Crippen LogP contribution in [0.2, 0.25) is 0 Å². The molecule has 0 saturated carbocycles. The van der Waals surface area contributed by atoms with Crippen LogP contribution in [0, 0.1) is 6.92 Å². The van der Waals surface area contributed by atoms with E-state index < -0.39 is 0 Å². The zero-order valence-corrected chi connectivity index (χ0v) is 14.6.